The van der Waals surface area contributed by atoms with Crippen molar-refractivity contribution in [2.75, 3.05) is 6.54 Å². The average molecular weight is 110 g/mol. The van der Waals surface area contributed by atoms with Crippen LogP contribution in [0.4, 0.5) is 0 Å². The molecule has 0 saturated carbocycles. The SMILES string of the molecule is CC=C(N)CN.[H-].[Na+]. The Morgan fingerprint density at radius 1 is 1.86 bits per heavy atom. The van der Waals surface area contributed by atoms with Crippen molar-refractivity contribution in [3.63, 3.8) is 0 Å². The molecule has 0 heterocycles. The number of rotatable bonds is 1. The average Bonchev–Trinajstić information content (AvgIpc) is 1.65. The van der Waals surface area contributed by atoms with Gasteiger partial charge < -0.3 is 12.9 Å². The molecular weight excluding hydrogens is 99.0 g/mol. The minimum Gasteiger partial charge on any atom is -1.00 e. The van der Waals surface area contributed by atoms with Crippen LogP contribution in [0.2, 0.25) is 0 Å². The van der Waals surface area contributed by atoms with Gasteiger partial charge in [-0.15, -0.1) is 0 Å². The molecule has 38 valence electrons. The molecule has 0 aliphatic rings. The van der Waals surface area contributed by atoms with E-state index in [0.717, 1.165) is 5.70 Å². The van der Waals surface area contributed by atoms with Gasteiger partial charge in [-0.2, -0.15) is 0 Å². The molecule has 0 amide bonds. The van der Waals surface area contributed by atoms with Gasteiger partial charge in [0.05, 0.1) is 0 Å². The summed E-state index contributed by atoms with van der Waals surface area (Å²) in [6.07, 6.45) is 1.79. The molecule has 0 atom stereocenters. The molecule has 0 fully saturated rings. The Labute approximate surface area is 67.7 Å². The minimum atomic E-state index is 0. The van der Waals surface area contributed by atoms with E-state index in [0.29, 0.717) is 6.54 Å². The summed E-state index contributed by atoms with van der Waals surface area (Å²) in [5.74, 6) is 0. The van der Waals surface area contributed by atoms with E-state index in [1.165, 1.54) is 0 Å². The Morgan fingerprint density at radius 2 is 2.29 bits per heavy atom. The number of allylic oxidation sites excluding steroid dienone is 1. The molecule has 0 aliphatic carbocycles. The first kappa shape index (κ1) is 10.5. The summed E-state index contributed by atoms with van der Waals surface area (Å²) in [5.41, 5.74) is 11.0. The van der Waals surface area contributed by atoms with E-state index in [4.69, 9.17) is 11.5 Å². The standard InChI is InChI=1S/C4H10N2.Na.H/c1-2-4(6)3-5;;/h2H,3,5-6H2,1H3;;/q;+1;-1. The summed E-state index contributed by atoms with van der Waals surface area (Å²) >= 11 is 0. The van der Waals surface area contributed by atoms with Crippen LogP contribution in [-0.2, 0) is 0 Å². The topological polar surface area (TPSA) is 52.0 Å². The van der Waals surface area contributed by atoms with Gasteiger partial charge in [0, 0.05) is 12.2 Å². The predicted octanol–water partition coefficient (Wildman–Crippen LogP) is -3.08. The molecule has 2 nitrogen and oxygen atoms in total. The van der Waals surface area contributed by atoms with Crippen LogP contribution in [0, 0.1) is 0 Å². The third-order valence-corrected chi connectivity index (χ3v) is 0.606. The summed E-state index contributed by atoms with van der Waals surface area (Å²) < 4.78 is 0. The fraction of sp³-hybridized carbons (Fsp3) is 0.500. The van der Waals surface area contributed by atoms with Crippen molar-refractivity contribution < 1.29 is 31.0 Å². The van der Waals surface area contributed by atoms with Gasteiger partial charge in [-0.05, 0) is 6.92 Å². The second-order valence-corrected chi connectivity index (χ2v) is 1.07. The van der Waals surface area contributed by atoms with Gasteiger partial charge in [0.1, 0.15) is 0 Å². The predicted molar refractivity (Wildman–Crippen MR) is 28.1 cm³/mol. The van der Waals surface area contributed by atoms with Crippen LogP contribution in [0.3, 0.4) is 0 Å². The van der Waals surface area contributed by atoms with Gasteiger partial charge in [0.2, 0.25) is 0 Å². The molecule has 0 unspecified atom stereocenters. The summed E-state index contributed by atoms with van der Waals surface area (Å²) in [5, 5.41) is 0. The molecule has 0 aromatic heterocycles. The van der Waals surface area contributed by atoms with Crippen LogP contribution in [0.1, 0.15) is 8.35 Å². The molecule has 0 saturated heterocycles. The van der Waals surface area contributed by atoms with Crippen LogP contribution in [-0.4, -0.2) is 6.54 Å². The maximum absolute atomic E-state index is 5.21. The van der Waals surface area contributed by atoms with Crippen molar-refractivity contribution in [1.29, 1.82) is 0 Å². The first-order valence-corrected chi connectivity index (χ1v) is 1.92. The van der Waals surface area contributed by atoms with Gasteiger partial charge >= 0.3 is 29.6 Å². The first-order valence-electron chi connectivity index (χ1n) is 1.92. The number of hydrogen-bond donors (Lipinski definition) is 2. The Kier molecular flexibility index (Phi) is 9.73. The van der Waals surface area contributed by atoms with Gasteiger partial charge in [0.25, 0.3) is 0 Å². The van der Waals surface area contributed by atoms with E-state index in [9.17, 15) is 0 Å². The molecule has 0 aliphatic heterocycles. The molecule has 0 aromatic rings. The molecule has 0 bridgehead atoms. The zero-order valence-corrected chi connectivity index (χ0v) is 6.94. The zero-order valence-electron chi connectivity index (χ0n) is 5.94. The molecule has 7 heavy (non-hydrogen) atoms. The summed E-state index contributed by atoms with van der Waals surface area (Å²) in [6, 6.07) is 0. The van der Waals surface area contributed by atoms with Crippen molar-refractivity contribution in [2.24, 2.45) is 11.5 Å². The largest absolute Gasteiger partial charge is 1.00 e. The number of nitrogens with two attached hydrogens (primary N) is 2. The smallest absolute Gasteiger partial charge is 1.00 e. The van der Waals surface area contributed by atoms with E-state index < -0.39 is 0 Å². The normalized spacial score (nSPS) is 10.3. The van der Waals surface area contributed by atoms with Crippen LogP contribution in [0.5, 0.6) is 0 Å². The first-order chi connectivity index (χ1) is 2.81. The Bertz CT molecular complexity index is 65.1. The molecule has 4 N–H and O–H groups in total. The third-order valence-electron chi connectivity index (χ3n) is 0.606. The minimum absolute atomic E-state index is 0. The van der Waals surface area contributed by atoms with Crippen LogP contribution in [0.15, 0.2) is 11.8 Å². The van der Waals surface area contributed by atoms with E-state index in [1.54, 1.807) is 6.08 Å². The van der Waals surface area contributed by atoms with Crippen LogP contribution >= 0.6 is 0 Å². The second kappa shape index (κ2) is 6.50. The monoisotopic (exact) mass is 110 g/mol. The van der Waals surface area contributed by atoms with Crippen molar-refractivity contribution >= 4 is 0 Å². The molecular formula is C4H11N2Na. The molecule has 0 spiro atoms. The molecule has 0 radical (unpaired) electrons. The summed E-state index contributed by atoms with van der Waals surface area (Å²) in [7, 11) is 0. The fourth-order valence-electron chi connectivity index (χ4n) is 0.118. The van der Waals surface area contributed by atoms with Gasteiger partial charge in [0.15, 0.2) is 0 Å². The van der Waals surface area contributed by atoms with Crippen molar-refractivity contribution in [1.82, 2.24) is 0 Å². The van der Waals surface area contributed by atoms with E-state index in [1.807, 2.05) is 6.92 Å². The number of hydrogen-bond acceptors (Lipinski definition) is 2. The van der Waals surface area contributed by atoms with E-state index >= 15 is 0 Å². The Hall–Kier alpha value is 0.500. The van der Waals surface area contributed by atoms with Crippen LogP contribution < -0.4 is 41.0 Å². The Balaban J connectivity index is -0.000000125. The van der Waals surface area contributed by atoms with E-state index in [2.05, 4.69) is 0 Å². The molecule has 0 rings (SSSR count). The Morgan fingerprint density at radius 3 is 2.29 bits per heavy atom. The van der Waals surface area contributed by atoms with Crippen molar-refractivity contribution in [3.05, 3.63) is 11.8 Å². The fourth-order valence-corrected chi connectivity index (χ4v) is 0.118. The van der Waals surface area contributed by atoms with Crippen LogP contribution in [0.25, 0.3) is 0 Å². The zero-order chi connectivity index (χ0) is 4.99. The molecule has 0 aromatic carbocycles. The maximum Gasteiger partial charge on any atom is 1.00 e. The van der Waals surface area contributed by atoms with Gasteiger partial charge in [-0.1, -0.05) is 6.08 Å². The summed E-state index contributed by atoms with van der Waals surface area (Å²) in [4.78, 5) is 0. The van der Waals surface area contributed by atoms with Gasteiger partial charge in [-0.25, -0.2) is 0 Å². The van der Waals surface area contributed by atoms with Gasteiger partial charge in [-0.3, -0.25) is 0 Å². The molecule has 3 heteroatoms. The summed E-state index contributed by atoms with van der Waals surface area (Å²) in [6.45, 7) is 2.33. The van der Waals surface area contributed by atoms with Crippen molar-refractivity contribution in [2.45, 2.75) is 6.92 Å². The van der Waals surface area contributed by atoms with E-state index in [-0.39, 0.29) is 31.0 Å². The van der Waals surface area contributed by atoms with Crippen molar-refractivity contribution in [3.8, 4) is 0 Å². The third kappa shape index (κ3) is 6.50. The second-order valence-electron chi connectivity index (χ2n) is 1.07. The quantitative estimate of drug-likeness (QED) is 0.352. The maximum atomic E-state index is 5.21.